The molecule has 0 aromatic heterocycles. The van der Waals surface area contributed by atoms with Crippen LogP contribution in [0.2, 0.25) is 0 Å². The molecule has 0 atom stereocenters. The van der Waals surface area contributed by atoms with Gasteiger partial charge in [0.25, 0.3) is 0 Å². The van der Waals surface area contributed by atoms with Gasteiger partial charge in [0.15, 0.2) is 9.84 Å². The minimum Gasteiger partial charge on any atom is -0.381 e. The topological polar surface area (TPSA) is 72.5 Å². The van der Waals surface area contributed by atoms with Crippen molar-refractivity contribution in [3.8, 4) is 0 Å². The quantitative estimate of drug-likeness (QED) is 0.911. The smallest absolute Gasteiger partial charge is 0.227 e. The lowest BCUT2D eigenvalue weighted by Crippen LogP contribution is -2.28. The van der Waals surface area contributed by atoms with E-state index in [0.29, 0.717) is 18.9 Å². The second kappa shape index (κ2) is 5.71. The van der Waals surface area contributed by atoms with Gasteiger partial charge in [-0.2, -0.15) is 0 Å². The first kappa shape index (κ1) is 14.0. The highest BCUT2D eigenvalue weighted by atomic mass is 32.2. The largest absolute Gasteiger partial charge is 0.381 e. The van der Waals surface area contributed by atoms with Gasteiger partial charge in [0.1, 0.15) is 0 Å². The number of anilines is 1. The number of sulfone groups is 1. The van der Waals surface area contributed by atoms with E-state index >= 15 is 0 Å². The van der Waals surface area contributed by atoms with E-state index < -0.39 is 9.84 Å². The molecular formula is C13H17NO4S. The van der Waals surface area contributed by atoms with Crippen molar-refractivity contribution in [2.45, 2.75) is 17.7 Å². The molecule has 0 bridgehead atoms. The number of rotatable bonds is 3. The van der Waals surface area contributed by atoms with Crippen molar-refractivity contribution in [1.82, 2.24) is 0 Å². The normalized spacial score (nSPS) is 17.1. The van der Waals surface area contributed by atoms with E-state index in [1.54, 1.807) is 12.1 Å². The summed E-state index contributed by atoms with van der Waals surface area (Å²) in [6.45, 7) is 1.23. The van der Waals surface area contributed by atoms with Crippen LogP contribution in [-0.4, -0.2) is 33.8 Å². The summed E-state index contributed by atoms with van der Waals surface area (Å²) in [5.74, 6) is -0.0567. The molecule has 1 aliphatic rings. The van der Waals surface area contributed by atoms with Crippen molar-refractivity contribution in [3.63, 3.8) is 0 Å². The molecule has 0 radical (unpaired) electrons. The fraction of sp³-hybridized carbons (Fsp3) is 0.462. The molecule has 6 heteroatoms. The molecule has 0 unspecified atom stereocenters. The van der Waals surface area contributed by atoms with Gasteiger partial charge in [-0.15, -0.1) is 0 Å². The lowest BCUT2D eigenvalue weighted by molar-refractivity contribution is -0.122. The zero-order chi connectivity index (χ0) is 13.9. The van der Waals surface area contributed by atoms with E-state index in [-0.39, 0.29) is 16.7 Å². The monoisotopic (exact) mass is 283 g/mol. The predicted molar refractivity (Wildman–Crippen MR) is 71.7 cm³/mol. The Morgan fingerprint density at radius 3 is 2.32 bits per heavy atom. The maximum Gasteiger partial charge on any atom is 0.227 e. The van der Waals surface area contributed by atoms with E-state index in [1.807, 2.05) is 0 Å². The average Bonchev–Trinajstić information content (AvgIpc) is 2.39. The third-order valence-electron chi connectivity index (χ3n) is 3.14. The summed E-state index contributed by atoms with van der Waals surface area (Å²) >= 11 is 0. The van der Waals surface area contributed by atoms with Crippen LogP contribution in [0.25, 0.3) is 0 Å². The van der Waals surface area contributed by atoms with Gasteiger partial charge in [-0.3, -0.25) is 4.79 Å². The van der Waals surface area contributed by atoms with Crippen LogP contribution in [0.3, 0.4) is 0 Å². The first-order valence-electron chi connectivity index (χ1n) is 6.15. The molecule has 0 saturated carbocycles. The summed E-state index contributed by atoms with van der Waals surface area (Å²) < 4.78 is 27.8. The number of hydrogen-bond donors (Lipinski definition) is 1. The lowest BCUT2D eigenvalue weighted by Gasteiger charge is -2.21. The van der Waals surface area contributed by atoms with Crippen molar-refractivity contribution in [2.24, 2.45) is 5.92 Å². The Bertz CT molecular complexity index is 545. The molecule has 1 heterocycles. The zero-order valence-corrected chi connectivity index (χ0v) is 11.6. The summed E-state index contributed by atoms with van der Waals surface area (Å²) in [4.78, 5) is 12.2. The summed E-state index contributed by atoms with van der Waals surface area (Å²) in [6.07, 6.45) is 2.61. The minimum atomic E-state index is -3.20. The molecule has 104 valence electrons. The number of amides is 1. The SMILES string of the molecule is CS(=O)(=O)c1ccc(NC(=O)C2CCOCC2)cc1. The van der Waals surface area contributed by atoms with Crippen molar-refractivity contribution in [2.75, 3.05) is 24.8 Å². The van der Waals surface area contributed by atoms with Crippen LogP contribution >= 0.6 is 0 Å². The zero-order valence-electron chi connectivity index (χ0n) is 10.8. The molecule has 1 aromatic rings. The fourth-order valence-electron chi connectivity index (χ4n) is 1.99. The number of nitrogens with one attached hydrogen (secondary N) is 1. The highest BCUT2D eigenvalue weighted by Gasteiger charge is 2.21. The molecule has 19 heavy (non-hydrogen) atoms. The second-order valence-corrected chi connectivity index (χ2v) is 6.69. The van der Waals surface area contributed by atoms with E-state index in [9.17, 15) is 13.2 Å². The van der Waals surface area contributed by atoms with E-state index in [0.717, 1.165) is 19.1 Å². The summed E-state index contributed by atoms with van der Waals surface area (Å²) in [5.41, 5.74) is 0.615. The van der Waals surface area contributed by atoms with Gasteiger partial charge < -0.3 is 10.1 Å². The van der Waals surface area contributed by atoms with E-state index in [4.69, 9.17) is 4.74 Å². The Labute approximate surface area is 112 Å². The van der Waals surface area contributed by atoms with E-state index in [1.165, 1.54) is 12.1 Å². The molecular weight excluding hydrogens is 266 g/mol. The highest BCUT2D eigenvalue weighted by Crippen LogP contribution is 2.19. The molecule has 2 rings (SSSR count). The third-order valence-corrected chi connectivity index (χ3v) is 4.27. The maximum absolute atomic E-state index is 12.0. The Hall–Kier alpha value is -1.40. The number of ether oxygens (including phenoxy) is 1. The van der Waals surface area contributed by atoms with Crippen LogP contribution in [0, 0.1) is 5.92 Å². The van der Waals surface area contributed by atoms with Crippen LogP contribution in [0.15, 0.2) is 29.2 Å². The van der Waals surface area contributed by atoms with Gasteiger partial charge in [-0.05, 0) is 37.1 Å². The molecule has 1 aromatic carbocycles. The number of hydrogen-bond acceptors (Lipinski definition) is 4. The molecule has 1 aliphatic heterocycles. The standard InChI is InChI=1S/C13H17NO4S/c1-19(16,17)12-4-2-11(3-5-12)14-13(15)10-6-8-18-9-7-10/h2-5,10H,6-9H2,1H3,(H,14,15). The number of benzene rings is 1. The Balaban J connectivity index is 2.01. The van der Waals surface area contributed by atoms with Crippen LogP contribution in [0.1, 0.15) is 12.8 Å². The molecule has 1 N–H and O–H groups in total. The number of carbonyl (C=O) groups is 1. The van der Waals surface area contributed by atoms with Gasteiger partial charge in [0.2, 0.25) is 5.91 Å². The van der Waals surface area contributed by atoms with Crippen molar-refractivity contribution in [1.29, 1.82) is 0 Å². The third kappa shape index (κ3) is 3.78. The van der Waals surface area contributed by atoms with Gasteiger partial charge >= 0.3 is 0 Å². The van der Waals surface area contributed by atoms with Crippen LogP contribution < -0.4 is 5.32 Å². The summed E-state index contributed by atoms with van der Waals surface area (Å²) in [7, 11) is -3.20. The molecule has 1 amide bonds. The summed E-state index contributed by atoms with van der Waals surface area (Å²) in [6, 6.07) is 6.20. The van der Waals surface area contributed by atoms with Gasteiger partial charge in [0, 0.05) is 31.1 Å². The second-order valence-electron chi connectivity index (χ2n) is 4.67. The Morgan fingerprint density at radius 1 is 1.21 bits per heavy atom. The van der Waals surface area contributed by atoms with Gasteiger partial charge in [-0.25, -0.2) is 8.42 Å². The predicted octanol–water partition coefficient (Wildman–Crippen LogP) is 1.46. The van der Waals surface area contributed by atoms with Gasteiger partial charge in [0.05, 0.1) is 4.90 Å². The van der Waals surface area contributed by atoms with Crippen LogP contribution in [0.5, 0.6) is 0 Å². The first-order valence-corrected chi connectivity index (χ1v) is 8.05. The van der Waals surface area contributed by atoms with Gasteiger partial charge in [-0.1, -0.05) is 0 Å². The van der Waals surface area contributed by atoms with Crippen molar-refractivity contribution >= 4 is 21.4 Å². The number of carbonyl (C=O) groups excluding carboxylic acids is 1. The summed E-state index contributed by atoms with van der Waals surface area (Å²) in [5, 5.41) is 2.80. The molecule has 0 aliphatic carbocycles. The Morgan fingerprint density at radius 2 is 1.79 bits per heavy atom. The van der Waals surface area contributed by atoms with Crippen LogP contribution in [0.4, 0.5) is 5.69 Å². The molecule has 1 saturated heterocycles. The van der Waals surface area contributed by atoms with Crippen molar-refractivity contribution < 1.29 is 17.9 Å². The Kier molecular flexibility index (Phi) is 4.21. The molecule has 0 spiro atoms. The fourth-order valence-corrected chi connectivity index (χ4v) is 2.62. The lowest BCUT2D eigenvalue weighted by atomic mass is 9.99. The first-order chi connectivity index (χ1) is 8.97. The maximum atomic E-state index is 12.0. The average molecular weight is 283 g/mol. The minimum absolute atomic E-state index is 0.0247. The van der Waals surface area contributed by atoms with Crippen LogP contribution in [-0.2, 0) is 19.4 Å². The molecule has 5 nitrogen and oxygen atoms in total. The van der Waals surface area contributed by atoms with E-state index in [2.05, 4.69) is 5.32 Å². The molecule has 1 fully saturated rings. The highest BCUT2D eigenvalue weighted by molar-refractivity contribution is 7.90. The van der Waals surface area contributed by atoms with Crippen molar-refractivity contribution in [3.05, 3.63) is 24.3 Å².